The van der Waals surface area contributed by atoms with E-state index in [4.69, 9.17) is 0 Å². The predicted octanol–water partition coefficient (Wildman–Crippen LogP) is 3.81. The van der Waals surface area contributed by atoms with Crippen molar-refractivity contribution in [3.8, 4) is 0 Å². The van der Waals surface area contributed by atoms with Crippen LogP contribution in [0.25, 0.3) is 0 Å². The molecule has 0 aliphatic rings. The molecule has 0 radical (unpaired) electrons. The second-order valence-corrected chi connectivity index (χ2v) is 6.97. The van der Waals surface area contributed by atoms with Crippen LogP contribution in [0.4, 0.5) is 0 Å². The van der Waals surface area contributed by atoms with E-state index >= 15 is 0 Å². The number of benzene rings is 1. The minimum absolute atomic E-state index is 0.282. The highest BCUT2D eigenvalue weighted by molar-refractivity contribution is 8.00. The highest BCUT2D eigenvalue weighted by Gasteiger charge is 2.24. The SMILES string of the molecule is CC(C)Sc1ccccc1/C=[N+](\O)C(C)(C)C. The summed E-state index contributed by atoms with van der Waals surface area (Å²) in [6, 6.07) is 8.14. The Morgan fingerprint density at radius 2 is 1.82 bits per heavy atom. The fraction of sp³-hybridized carbons (Fsp3) is 0.500. The van der Waals surface area contributed by atoms with Gasteiger partial charge in [-0.2, -0.15) is 0 Å². The Balaban J connectivity index is 3.06. The number of hydroxylamine groups is 1. The summed E-state index contributed by atoms with van der Waals surface area (Å²) in [7, 11) is 0. The van der Waals surface area contributed by atoms with Crippen LogP contribution < -0.4 is 0 Å². The highest BCUT2D eigenvalue weighted by atomic mass is 32.2. The predicted molar refractivity (Wildman–Crippen MR) is 74.4 cm³/mol. The molecule has 0 fully saturated rings. The van der Waals surface area contributed by atoms with Gasteiger partial charge in [0, 0.05) is 30.9 Å². The molecule has 94 valence electrons. The summed E-state index contributed by atoms with van der Waals surface area (Å²) in [4.78, 5) is 1.20. The van der Waals surface area contributed by atoms with Gasteiger partial charge in [0.1, 0.15) is 0 Å². The van der Waals surface area contributed by atoms with Crippen molar-refractivity contribution in [3.63, 3.8) is 0 Å². The first-order valence-electron chi connectivity index (χ1n) is 5.89. The summed E-state index contributed by atoms with van der Waals surface area (Å²) < 4.78 is 1.27. The van der Waals surface area contributed by atoms with Gasteiger partial charge in [-0.15, -0.1) is 11.8 Å². The van der Waals surface area contributed by atoms with Gasteiger partial charge < -0.3 is 0 Å². The van der Waals surface area contributed by atoms with Crippen LogP contribution in [0, 0.1) is 0 Å². The molecule has 0 aliphatic heterocycles. The smallest absolute Gasteiger partial charge is 0.224 e. The lowest BCUT2D eigenvalue weighted by atomic mass is 10.1. The van der Waals surface area contributed by atoms with Gasteiger partial charge in [-0.05, 0) is 16.9 Å². The molecule has 17 heavy (non-hydrogen) atoms. The number of hydrogen-bond acceptors (Lipinski definition) is 2. The fourth-order valence-electron chi connectivity index (χ4n) is 1.27. The summed E-state index contributed by atoms with van der Waals surface area (Å²) in [5.41, 5.74) is 0.777. The van der Waals surface area contributed by atoms with Crippen LogP contribution in [0.2, 0.25) is 0 Å². The van der Waals surface area contributed by atoms with Crippen LogP contribution in [0.3, 0.4) is 0 Å². The maximum atomic E-state index is 9.97. The van der Waals surface area contributed by atoms with E-state index in [1.807, 2.05) is 50.7 Å². The molecule has 1 aromatic carbocycles. The first kappa shape index (κ1) is 14.1. The number of rotatable bonds is 3. The van der Waals surface area contributed by atoms with Crippen LogP contribution >= 0.6 is 11.8 Å². The van der Waals surface area contributed by atoms with E-state index in [9.17, 15) is 5.21 Å². The third-order valence-electron chi connectivity index (χ3n) is 2.23. The number of nitrogens with zero attached hydrogens (tertiary/aromatic N) is 1. The van der Waals surface area contributed by atoms with E-state index in [1.54, 1.807) is 6.21 Å². The average molecular weight is 252 g/mol. The monoisotopic (exact) mass is 252 g/mol. The first-order valence-corrected chi connectivity index (χ1v) is 6.77. The molecule has 0 saturated carbocycles. The van der Waals surface area contributed by atoms with Crippen LogP contribution in [-0.2, 0) is 0 Å². The molecular weight excluding hydrogens is 230 g/mol. The topological polar surface area (TPSA) is 23.2 Å². The van der Waals surface area contributed by atoms with Gasteiger partial charge in [-0.25, -0.2) is 0 Å². The minimum Gasteiger partial charge on any atom is -0.290 e. The maximum absolute atomic E-state index is 9.97. The molecule has 1 N–H and O–H groups in total. The van der Waals surface area contributed by atoms with Crippen LogP contribution in [0.1, 0.15) is 40.2 Å². The Kier molecular flexibility index (Phi) is 4.63. The molecule has 0 spiro atoms. The number of thioether (sulfide) groups is 1. The zero-order valence-electron chi connectivity index (χ0n) is 11.3. The van der Waals surface area contributed by atoms with Crippen molar-refractivity contribution in [1.29, 1.82) is 0 Å². The van der Waals surface area contributed by atoms with Gasteiger partial charge in [-0.1, -0.05) is 26.0 Å². The van der Waals surface area contributed by atoms with Gasteiger partial charge in [-0.3, -0.25) is 5.21 Å². The van der Waals surface area contributed by atoms with Crippen LogP contribution in [0.15, 0.2) is 29.2 Å². The zero-order chi connectivity index (χ0) is 13.1. The Hall–Kier alpha value is -0.960. The van der Waals surface area contributed by atoms with Crippen molar-refractivity contribution in [2.75, 3.05) is 0 Å². The van der Waals surface area contributed by atoms with Crippen molar-refractivity contribution >= 4 is 18.0 Å². The summed E-state index contributed by atoms with van der Waals surface area (Å²) in [6.07, 6.45) is 1.80. The van der Waals surface area contributed by atoms with E-state index in [0.29, 0.717) is 5.25 Å². The van der Waals surface area contributed by atoms with Crippen molar-refractivity contribution in [3.05, 3.63) is 29.8 Å². The summed E-state index contributed by atoms with van der Waals surface area (Å²) in [5, 5.41) is 10.5. The van der Waals surface area contributed by atoms with Gasteiger partial charge in [0.15, 0.2) is 0 Å². The Bertz CT molecular complexity index is 405. The molecule has 0 amide bonds. The van der Waals surface area contributed by atoms with E-state index < -0.39 is 0 Å². The molecule has 0 aromatic heterocycles. The highest BCUT2D eigenvalue weighted by Crippen LogP contribution is 2.25. The lowest BCUT2D eigenvalue weighted by Crippen LogP contribution is -2.31. The Morgan fingerprint density at radius 1 is 1.24 bits per heavy atom. The Labute approximate surface area is 108 Å². The van der Waals surface area contributed by atoms with Crippen LogP contribution in [-0.4, -0.2) is 26.9 Å². The van der Waals surface area contributed by atoms with Gasteiger partial charge >= 0.3 is 0 Å². The van der Waals surface area contributed by atoms with Crippen molar-refractivity contribution in [2.24, 2.45) is 0 Å². The van der Waals surface area contributed by atoms with E-state index in [0.717, 1.165) is 5.56 Å². The maximum Gasteiger partial charge on any atom is 0.224 e. The standard InChI is InChI=1S/C14H22NOS/c1-11(2)17-13-9-7-6-8-12(13)10-15(16)14(3,4)5/h6-11,16H,1-5H3/q+1/b15-10-. The van der Waals surface area contributed by atoms with Gasteiger partial charge in [0.2, 0.25) is 11.8 Å². The molecule has 0 saturated heterocycles. The second-order valence-electron chi connectivity index (χ2n) is 5.35. The largest absolute Gasteiger partial charge is 0.290 e. The lowest BCUT2D eigenvalue weighted by molar-refractivity contribution is -0.816. The third-order valence-corrected chi connectivity index (χ3v) is 3.33. The lowest BCUT2D eigenvalue weighted by Gasteiger charge is -2.11. The first-order chi connectivity index (χ1) is 7.80. The molecule has 0 atom stereocenters. The van der Waals surface area contributed by atoms with E-state index in [1.165, 1.54) is 9.63 Å². The second kappa shape index (κ2) is 5.58. The molecule has 2 nitrogen and oxygen atoms in total. The zero-order valence-corrected chi connectivity index (χ0v) is 12.1. The molecule has 0 heterocycles. The summed E-state index contributed by atoms with van der Waals surface area (Å²) in [6.45, 7) is 10.3. The molecular formula is C14H22NOS+. The summed E-state index contributed by atoms with van der Waals surface area (Å²) in [5.74, 6) is 0. The van der Waals surface area contributed by atoms with E-state index in [2.05, 4.69) is 19.9 Å². The minimum atomic E-state index is -0.282. The van der Waals surface area contributed by atoms with Gasteiger partial charge in [0.25, 0.3) is 0 Å². The van der Waals surface area contributed by atoms with Crippen molar-refractivity contribution < 1.29 is 9.95 Å². The molecule has 0 aliphatic carbocycles. The fourth-order valence-corrected chi connectivity index (χ4v) is 2.20. The average Bonchev–Trinajstić information content (AvgIpc) is 2.18. The number of hydrogen-bond donors (Lipinski definition) is 1. The van der Waals surface area contributed by atoms with Crippen LogP contribution in [0.5, 0.6) is 0 Å². The third kappa shape index (κ3) is 4.43. The Morgan fingerprint density at radius 3 is 2.35 bits per heavy atom. The molecule has 1 aromatic rings. The van der Waals surface area contributed by atoms with Crippen molar-refractivity contribution in [1.82, 2.24) is 0 Å². The molecule has 1 rings (SSSR count). The molecule has 0 unspecified atom stereocenters. The quantitative estimate of drug-likeness (QED) is 0.291. The van der Waals surface area contributed by atoms with Gasteiger partial charge in [0.05, 0.1) is 5.56 Å². The van der Waals surface area contributed by atoms with Crippen molar-refractivity contribution in [2.45, 2.75) is 50.3 Å². The summed E-state index contributed by atoms with van der Waals surface area (Å²) >= 11 is 1.81. The molecule has 3 heteroatoms. The molecule has 0 bridgehead atoms. The van der Waals surface area contributed by atoms with E-state index in [-0.39, 0.29) is 5.54 Å². The normalized spacial score (nSPS) is 13.2.